The second-order valence-corrected chi connectivity index (χ2v) is 6.65. The molecule has 0 aliphatic rings. The quantitative estimate of drug-likeness (QED) is 0.675. The number of nitrogens with one attached hydrogen (secondary N) is 1. The van der Waals surface area contributed by atoms with Crippen molar-refractivity contribution >= 4 is 17.3 Å². The van der Waals surface area contributed by atoms with Gasteiger partial charge in [-0.25, -0.2) is 0 Å². The highest BCUT2D eigenvalue weighted by atomic mass is 16.1. The summed E-state index contributed by atoms with van der Waals surface area (Å²) in [5.74, 6) is -0.198. The molecule has 4 heteroatoms. The Morgan fingerprint density at radius 1 is 1.00 bits per heavy atom. The third-order valence-electron chi connectivity index (χ3n) is 4.70. The maximum absolute atomic E-state index is 12.6. The van der Waals surface area contributed by atoms with E-state index in [0.717, 1.165) is 30.0 Å². The number of amides is 1. The van der Waals surface area contributed by atoms with Gasteiger partial charge in [0.15, 0.2) is 0 Å². The summed E-state index contributed by atoms with van der Waals surface area (Å²) in [4.78, 5) is 19.1. The molecular weight excluding hydrogens is 334 g/mol. The second-order valence-electron chi connectivity index (χ2n) is 6.65. The summed E-state index contributed by atoms with van der Waals surface area (Å²) in [7, 11) is 0. The van der Waals surface area contributed by atoms with E-state index >= 15 is 0 Å². The molecule has 0 saturated carbocycles. The molecule has 1 heterocycles. The maximum Gasteiger partial charge on any atom is 0.274 e. The van der Waals surface area contributed by atoms with Crippen LogP contribution in [0.1, 0.15) is 34.1 Å². The van der Waals surface area contributed by atoms with Gasteiger partial charge < -0.3 is 10.2 Å². The van der Waals surface area contributed by atoms with E-state index in [1.807, 2.05) is 55.5 Å². The number of nitrogens with zero attached hydrogens (tertiary/aromatic N) is 2. The smallest absolute Gasteiger partial charge is 0.274 e. The Balaban J connectivity index is 1.77. The van der Waals surface area contributed by atoms with Gasteiger partial charge in [0.1, 0.15) is 5.69 Å². The molecule has 1 N–H and O–H groups in total. The van der Waals surface area contributed by atoms with Crippen LogP contribution in [0.2, 0.25) is 0 Å². The average Bonchev–Trinajstić information content (AvgIpc) is 2.70. The van der Waals surface area contributed by atoms with Gasteiger partial charge in [-0.3, -0.25) is 9.78 Å². The lowest BCUT2D eigenvalue weighted by atomic mass is 10.1. The molecule has 0 aliphatic carbocycles. The van der Waals surface area contributed by atoms with E-state index < -0.39 is 0 Å². The number of anilines is 2. The van der Waals surface area contributed by atoms with Crippen LogP contribution in [0.15, 0.2) is 66.9 Å². The largest absolute Gasteiger partial charge is 0.367 e. The van der Waals surface area contributed by atoms with Crippen LogP contribution in [-0.4, -0.2) is 17.4 Å². The van der Waals surface area contributed by atoms with E-state index in [-0.39, 0.29) is 5.91 Å². The van der Waals surface area contributed by atoms with Gasteiger partial charge in [-0.2, -0.15) is 0 Å². The lowest BCUT2D eigenvalue weighted by molar-refractivity contribution is 0.102. The van der Waals surface area contributed by atoms with Gasteiger partial charge in [-0.15, -0.1) is 0 Å². The number of carbonyl (C=O) groups excluding carboxylic acids is 1. The van der Waals surface area contributed by atoms with Crippen LogP contribution >= 0.6 is 0 Å². The summed E-state index contributed by atoms with van der Waals surface area (Å²) in [6.07, 6.45) is 1.69. The summed E-state index contributed by atoms with van der Waals surface area (Å²) in [6.45, 7) is 7.83. The first kappa shape index (κ1) is 18.6. The third-order valence-corrected chi connectivity index (χ3v) is 4.70. The zero-order valence-electron chi connectivity index (χ0n) is 16.1. The van der Waals surface area contributed by atoms with Crippen molar-refractivity contribution in [2.45, 2.75) is 27.3 Å². The van der Waals surface area contributed by atoms with Gasteiger partial charge in [-0.05, 0) is 61.7 Å². The van der Waals surface area contributed by atoms with E-state index in [4.69, 9.17) is 0 Å². The van der Waals surface area contributed by atoms with Gasteiger partial charge >= 0.3 is 0 Å². The maximum atomic E-state index is 12.6. The van der Waals surface area contributed by atoms with Crippen LogP contribution in [0.3, 0.4) is 0 Å². The standard InChI is InChI=1S/C23H25N3O/c1-4-26(16-19-8-6-5-7-9-19)21-12-13-24-22(15-21)23(27)25-20-11-10-17(2)18(3)14-20/h5-15H,4,16H2,1-3H3,(H,25,27). The fraction of sp³-hybridized carbons (Fsp3) is 0.217. The van der Waals surface area contributed by atoms with Crippen LogP contribution in [0.4, 0.5) is 11.4 Å². The summed E-state index contributed by atoms with van der Waals surface area (Å²) < 4.78 is 0. The SMILES string of the molecule is CCN(Cc1ccccc1)c1ccnc(C(=O)Nc2ccc(C)c(C)c2)c1. The molecule has 1 amide bonds. The van der Waals surface area contributed by atoms with E-state index in [2.05, 4.69) is 41.2 Å². The highest BCUT2D eigenvalue weighted by Crippen LogP contribution is 2.19. The first-order valence-electron chi connectivity index (χ1n) is 9.20. The van der Waals surface area contributed by atoms with Gasteiger partial charge in [0.2, 0.25) is 0 Å². The minimum absolute atomic E-state index is 0.198. The van der Waals surface area contributed by atoms with Crippen molar-refractivity contribution in [2.24, 2.45) is 0 Å². The molecule has 138 valence electrons. The molecule has 0 atom stereocenters. The van der Waals surface area contributed by atoms with E-state index in [0.29, 0.717) is 5.69 Å². The minimum Gasteiger partial charge on any atom is -0.367 e. The van der Waals surface area contributed by atoms with Gasteiger partial charge in [0.05, 0.1) is 0 Å². The molecule has 4 nitrogen and oxygen atoms in total. The number of benzene rings is 2. The molecule has 0 aliphatic heterocycles. The molecule has 3 aromatic rings. The number of aromatic nitrogens is 1. The predicted octanol–water partition coefficient (Wildman–Crippen LogP) is 4.98. The Morgan fingerprint density at radius 3 is 2.48 bits per heavy atom. The highest BCUT2D eigenvalue weighted by molar-refractivity contribution is 6.03. The fourth-order valence-electron chi connectivity index (χ4n) is 2.94. The molecule has 3 rings (SSSR count). The first-order chi connectivity index (χ1) is 13.1. The van der Waals surface area contributed by atoms with Crippen LogP contribution in [0.5, 0.6) is 0 Å². The Morgan fingerprint density at radius 2 is 1.78 bits per heavy atom. The Bertz CT molecular complexity index is 922. The van der Waals surface area contributed by atoms with Crippen molar-refractivity contribution in [3.63, 3.8) is 0 Å². The van der Waals surface area contributed by atoms with E-state index in [1.54, 1.807) is 6.20 Å². The number of rotatable bonds is 6. The Labute approximate surface area is 160 Å². The molecule has 27 heavy (non-hydrogen) atoms. The van der Waals surface area contributed by atoms with Crippen LogP contribution in [0.25, 0.3) is 0 Å². The van der Waals surface area contributed by atoms with E-state index in [1.165, 1.54) is 11.1 Å². The fourth-order valence-corrected chi connectivity index (χ4v) is 2.94. The van der Waals surface area contributed by atoms with Crippen molar-refractivity contribution < 1.29 is 4.79 Å². The molecule has 0 fully saturated rings. The summed E-state index contributed by atoms with van der Waals surface area (Å²) in [5, 5.41) is 2.94. The minimum atomic E-state index is -0.198. The molecule has 0 radical (unpaired) electrons. The van der Waals surface area contributed by atoms with Crippen molar-refractivity contribution in [3.8, 4) is 0 Å². The van der Waals surface area contributed by atoms with E-state index in [9.17, 15) is 4.79 Å². The lowest BCUT2D eigenvalue weighted by Gasteiger charge is -2.23. The Kier molecular flexibility index (Phi) is 5.87. The normalized spacial score (nSPS) is 10.5. The van der Waals surface area contributed by atoms with Gasteiger partial charge in [-0.1, -0.05) is 36.4 Å². The van der Waals surface area contributed by atoms with Crippen molar-refractivity contribution in [1.82, 2.24) is 4.98 Å². The zero-order chi connectivity index (χ0) is 19.2. The molecule has 0 unspecified atom stereocenters. The van der Waals surface area contributed by atoms with Gasteiger partial charge in [0.25, 0.3) is 5.91 Å². The molecule has 0 saturated heterocycles. The summed E-state index contributed by atoms with van der Waals surface area (Å²) in [6, 6.07) is 20.0. The third kappa shape index (κ3) is 4.73. The summed E-state index contributed by atoms with van der Waals surface area (Å²) in [5.41, 5.74) is 5.77. The molecule has 0 bridgehead atoms. The molecular formula is C23H25N3O. The number of carbonyl (C=O) groups is 1. The zero-order valence-corrected chi connectivity index (χ0v) is 16.1. The highest BCUT2D eigenvalue weighted by Gasteiger charge is 2.12. The van der Waals surface area contributed by atoms with Crippen LogP contribution < -0.4 is 10.2 Å². The number of hydrogen-bond donors (Lipinski definition) is 1. The Hall–Kier alpha value is -3.14. The summed E-state index contributed by atoms with van der Waals surface area (Å²) >= 11 is 0. The average molecular weight is 359 g/mol. The van der Waals surface area contributed by atoms with Crippen molar-refractivity contribution in [2.75, 3.05) is 16.8 Å². The number of hydrogen-bond acceptors (Lipinski definition) is 3. The second kappa shape index (κ2) is 8.49. The van der Waals surface area contributed by atoms with Crippen LogP contribution in [-0.2, 0) is 6.54 Å². The van der Waals surface area contributed by atoms with Crippen molar-refractivity contribution in [3.05, 3.63) is 89.2 Å². The van der Waals surface area contributed by atoms with Gasteiger partial charge in [0, 0.05) is 30.7 Å². The predicted molar refractivity (Wildman–Crippen MR) is 111 cm³/mol. The molecule has 2 aromatic carbocycles. The molecule has 0 spiro atoms. The van der Waals surface area contributed by atoms with Crippen LogP contribution in [0, 0.1) is 13.8 Å². The number of pyridine rings is 1. The topological polar surface area (TPSA) is 45.2 Å². The lowest BCUT2D eigenvalue weighted by Crippen LogP contribution is -2.23. The van der Waals surface area contributed by atoms with Crippen molar-refractivity contribution in [1.29, 1.82) is 0 Å². The number of aryl methyl sites for hydroxylation is 2. The first-order valence-corrected chi connectivity index (χ1v) is 9.20. The monoisotopic (exact) mass is 359 g/mol. The molecule has 1 aromatic heterocycles.